The molecule has 0 bridgehead atoms. The molecule has 5 heterocycles. The van der Waals surface area contributed by atoms with Crippen LogP contribution in [0.1, 0.15) is 25.0 Å². The van der Waals surface area contributed by atoms with E-state index in [1.54, 1.807) is 26.0 Å². The third-order valence-electron chi connectivity index (χ3n) is 8.50. The fourth-order valence-electron chi connectivity index (χ4n) is 6.72. The van der Waals surface area contributed by atoms with Gasteiger partial charge in [0.05, 0.1) is 23.6 Å². The van der Waals surface area contributed by atoms with Crippen LogP contribution in [0.15, 0.2) is 47.0 Å². The summed E-state index contributed by atoms with van der Waals surface area (Å²) in [5.41, 5.74) is 0.297. The van der Waals surface area contributed by atoms with Crippen LogP contribution in [-0.2, 0) is 31.9 Å². The van der Waals surface area contributed by atoms with Crippen LogP contribution in [0.5, 0.6) is 0 Å². The van der Waals surface area contributed by atoms with Crippen molar-refractivity contribution in [2.75, 3.05) is 16.4 Å². The summed E-state index contributed by atoms with van der Waals surface area (Å²) in [5.74, 6) is -1.45. The molecule has 13 heteroatoms. The number of hydrogen-bond donors (Lipinski definition) is 2. The van der Waals surface area contributed by atoms with Crippen molar-refractivity contribution in [3.05, 3.63) is 53.6 Å². The first-order valence-corrected chi connectivity index (χ1v) is 13.4. The van der Waals surface area contributed by atoms with E-state index in [1.165, 1.54) is 9.80 Å². The quantitative estimate of drug-likeness (QED) is 0.363. The van der Waals surface area contributed by atoms with Gasteiger partial charge in [0, 0.05) is 11.8 Å². The fraction of sp³-hybridized carbons (Fsp3) is 0.393. The molecule has 0 aliphatic carbocycles. The number of aromatic nitrogens is 1. The van der Waals surface area contributed by atoms with Gasteiger partial charge in [-0.15, -0.1) is 0 Å². The maximum absolute atomic E-state index is 15.9. The van der Waals surface area contributed by atoms with E-state index in [4.69, 9.17) is 14.0 Å². The number of urea groups is 1. The number of alkyl halides is 1. The first-order valence-electron chi connectivity index (χ1n) is 13.4. The van der Waals surface area contributed by atoms with Gasteiger partial charge < -0.3 is 18.9 Å². The van der Waals surface area contributed by atoms with Gasteiger partial charge in [0.25, 0.3) is 0 Å². The second-order valence-corrected chi connectivity index (χ2v) is 10.9. The minimum Gasteiger partial charge on any atom is -0.447 e. The molecule has 4 aliphatic rings. The Kier molecular flexibility index (Phi) is 5.58. The highest BCUT2D eigenvalue weighted by molar-refractivity contribution is 6.20. The first-order chi connectivity index (χ1) is 19.7. The number of carbonyl (C=O) groups is 4. The molecule has 0 saturated carbocycles. The average molecular weight is 564 g/mol. The number of carbonyl (C=O) groups excluding carboxylic acids is 4. The van der Waals surface area contributed by atoms with Crippen LogP contribution in [0.4, 0.5) is 25.5 Å². The predicted octanol–water partition coefficient (Wildman–Crippen LogP) is 2.58. The molecule has 0 radical (unpaired) electrons. The molecule has 2 aromatic carbocycles. The smallest absolute Gasteiger partial charge is 0.416 e. The summed E-state index contributed by atoms with van der Waals surface area (Å²) in [6.45, 7) is 3.39. The monoisotopic (exact) mass is 563 g/mol. The molecular weight excluding hydrogens is 537 g/mol. The Morgan fingerprint density at radius 1 is 1.05 bits per heavy atom. The van der Waals surface area contributed by atoms with Crippen LogP contribution >= 0.6 is 0 Å². The van der Waals surface area contributed by atoms with Crippen molar-refractivity contribution in [1.29, 1.82) is 0 Å². The normalized spacial score (nSPS) is 28.8. The summed E-state index contributed by atoms with van der Waals surface area (Å²) in [7, 11) is 0. The lowest BCUT2D eigenvalue weighted by Crippen LogP contribution is -2.76. The topological polar surface area (TPSA) is 143 Å². The molecule has 3 fully saturated rings. The lowest BCUT2D eigenvalue weighted by Gasteiger charge is -2.56. The Morgan fingerprint density at radius 2 is 1.78 bits per heavy atom. The lowest BCUT2D eigenvalue weighted by atomic mass is 9.66. The van der Waals surface area contributed by atoms with E-state index in [0.29, 0.717) is 28.6 Å². The Labute approximate surface area is 232 Å². The van der Waals surface area contributed by atoms with E-state index in [2.05, 4.69) is 15.8 Å². The number of benzene rings is 2. The number of halogens is 1. The first kappa shape index (κ1) is 25.4. The zero-order chi connectivity index (χ0) is 28.6. The lowest BCUT2D eigenvalue weighted by molar-refractivity contribution is -0.159. The SMILES string of the molecule is C[C@@H]1O[C@H](C)[C@@H]2N(c3cc4onc(N5C(=O)OC[C@@H]5Cc5ccccc5)c4cc3CC23C(=O)NC(=O)NC3=O)C1F. The number of imide groups is 2. The van der Waals surface area contributed by atoms with E-state index < -0.39 is 53.9 Å². The average Bonchev–Trinajstić information content (AvgIpc) is 3.50. The molecule has 12 nitrogen and oxygen atoms in total. The Hall–Kier alpha value is -4.52. The van der Waals surface area contributed by atoms with E-state index >= 15 is 4.39 Å². The second kappa shape index (κ2) is 8.99. The van der Waals surface area contributed by atoms with Crippen molar-refractivity contribution in [1.82, 2.24) is 15.8 Å². The van der Waals surface area contributed by atoms with Gasteiger partial charge >= 0.3 is 12.1 Å². The van der Waals surface area contributed by atoms with Gasteiger partial charge in [-0.3, -0.25) is 25.1 Å². The van der Waals surface area contributed by atoms with E-state index in [-0.39, 0.29) is 24.9 Å². The van der Waals surface area contributed by atoms with E-state index in [1.807, 2.05) is 30.3 Å². The van der Waals surface area contributed by atoms with Crippen LogP contribution in [-0.4, -0.2) is 66.3 Å². The molecule has 212 valence electrons. The van der Waals surface area contributed by atoms with E-state index in [0.717, 1.165) is 5.56 Å². The summed E-state index contributed by atoms with van der Waals surface area (Å²) >= 11 is 0. The Bertz CT molecular complexity index is 1590. The maximum Gasteiger partial charge on any atom is 0.416 e. The third-order valence-corrected chi connectivity index (χ3v) is 8.50. The predicted molar refractivity (Wildman–Crippen MR) is 141 cm³/mol. The summed E-state index contributed by atoms with van der Waals surface area (Å²) < 4.78 is 32.8. The summed E-state index contributed by atoms with van der Waals surface area (Å²) in [6, 6.07) is 10.6. The second-order valence-electron chi connectivity index (χ2n) is 10.9. The van der Waals surface area contributed by atoms with Gasteiger partial charge in [0.1, 0.15) is 12.7 Å². The van der Waals surface area contributed by atoms with Crippen molar-refractivity contribution < 1.29 is 37.6 Å². The number of nitrogens with zero attached hydrogens (tertiary/aromatic N) is 3. The number of morpholine rings is 1. The molecule has 7 rings (SSSR count). The number of amides is 5. The molecule has 5 amide bonds. The zero-order valence-electron chi connectivity index (χ0n) is 22.1. The van der Waals surface area contributed by atoms with Crippen LogP contribution in [0.3, 0.4) is 0 Å². The largest absolute Gasteiger partial charge is 0.447 e. The van der Waals surface area contributed by atoms with Crippen molar-refractivity contribution in [3.8, 4) is 0 Å². The van der Waals surface area contributed by atoms with Crippen LogP contribution in [0.25, 0.3) is 11.0 Å². The number of ether oxygens (including phenoxy) is 2. The summed E-state index contributed by atoms with van der Waals surface area (Å²) in [5, 5.41) is 9.01. The van der Waals surface area contributed by atoms with Crippen LogP contribution in [0, 0.1) is 5.41 Å². The molecule has 3 aromatic rings. The molecule has 3 saturated heterocycles. The minimum absolute atomic E-state index is 0.151. The molecule has 5 atom stereocenters. The van der Waals surface area contributed by atoms with Crippen molar-refractivity contribution in [3.63, 3.8) is 0 Å². The molecule has 1 spiro atoms. The molecular formula is C28H26FN5O7. The van der Waals surface area contributed by atoms with Crippen LogP contribution in [0.2, 0.25) is 0 Å². The number of anilines is 2. The van der Waals surface area contributed by atoms with E-state index in [9.17, 15) is 19.2 Å². The molecule has 41 heavy (non-hydrogen) atoms. The van der Waals surface area contributed by atoms with Gasteiger partial charge in [-0.25, -0.2) is 14.0 Å². The summed E-state index contributed by atoms with van der Waals surface area (Å²) in [4.78, 5) is 54.6. The zero-order valence-corrected chi connectivity index (χ0v) is 22.1. The van der Waals surface area contributed by atoms with Gasteiger partial charge in [-0.1, -0.05) is 35.5 Å². The highest BCUT2D eigenvalue weighted by Gasteiger charge is 2.64. The number of nitrogens with one attached hydrogen (secondary N) is 2. The number of rotatable bonds is 3. The number of cyclic esters (lactones) is 1. The maximum atomic E-state index is 15.9. The Morgan fingerprint density at radius 3 is 2.51 bits per heavy atom. The van der Waals surface area contributed by atoms with Gasteiger partial charge in [0.15, 0.2) is 23.1 Å². The number of hydrogen-bond acceptors (Lipinski definition) is 9. The third kappa shape index (κ3) is 3.64. The van der Waals surface area contributed by atoms with Crippen LogP contribution < -0.4 is 20.4 Å². The summed E-state index contributed by atoms with van der Waals surface area (Å²) in [6.07, 6.45) is -3.55. The molecule has 1 unspecified atom stereocenters. The van der Waals surface area contributed by atoms with Crippen molar-refractivity contribution in [2.45, 2.75) is 57.3 Å². The minimum atomic E-state index is -1.86. The fourth-order valence-corrected chi connectivity index (χ4v) is 6.72. The van der Waals surface area contributed by atoms with Crippen molar-refractivity contribution in [2.24, 2.45) is 5.41 Å². The number of barbiturate groups is 1. The molecule has 1 aromatic heterocycles. The van der Waals surface area contributed by atoms with Gasteiger partial charge in [-0.05, 0) is 43.9 Å². The molecule has 2 N–H and O–H groups in total. The number of fused-ring (bicyclic) bond motifs is 5. The van der Waals surface area contributed by atoms with Gasteiger partial charge in [0.2, 0.25) is 11.8 Å². The highest BCUT2D eigenvalue weighted by atomic mass is 19.1. The highest BCUT2D eigenvalue weighted by Crippen LogP contribution is 2.50. The molecule has 4 aliphatic heterocycles. The standard InChI is InChI=1S/C28H26FN5O7/c1-13-21-28(24(35)30-26(37)31-25(28)36)11-16-9-18-20(10-19(16)34(21)22(29)14(2)40-13)41-32-23(18)33-17(12-39-27(33)38)8-15-6-4-3-5-7-15/h3-7,9-10,13-14,17,21-22H,8,11-12H2,1-2H3,(H2,30,31,35,36,37)/t13-,14+,17+,21+,22?/m1/s1. The van der Waals surface area contributed by atoms with Crippen molar-refractivity contribution >= 4 is 46.4 Å². The Balaban J connectivity index is 1.36. The van der Waals surface area contributed by atoms with Gasteiger partial charge in [-0.2, -0.15) is 0 Å².